The zero-order chi connectivity index (χ0) is 19.1. The van der Waals surface area contributed by atoms with Gasteiger partial charge in [0.25, 0.3) is 0 Å². The van der Waals surface area contributed by atoms with Crippen LogP contribution >= 0.6 is 0 Å². The van der Waals surface area contributed by atoms with Gasteiger partial charge < -0.3 is 5.11 Å². The minimum atomic E-state index is 0.375. The largest absolute Gasteiger partial charge is 0.396 e. The Labute approximate surface area is 169 Å². The van der Waals surface area contributed by atoms with Crippen molar-refractivity contribution in [2.45, 2.75) is 111 Å². The zero-order valence-corrected chi connectivity index (χ0v) is 18.5. The molecule has 0 aromatic rings. The van der Waals surface area contributed by atoms with Crippen molar-refractivity contribution in [2.75, 3.05) is 6.61 Å². The van der Waals surface area contributed by atoms with Crippen LogP contribution in [0.2, 0.25) is 0 Å². The van der Waals surface area contributed by atoms with Crippen molar-refractivity contribution in [1.82, 2.24) is 0 Å². The lowest BCUT2D eigenvalue weighted by molar-refractivity contribution is -0.114. The van der Waals surface area contributed by atoms with Crippen LogP contribution in [0.3, 0.4) is 0 Å². The Kier molecular flexibility index (Phi) is 6.00. The molecule has 8 atom stereocenters. The van der Waals surface area contributed by atoms with Crippen molar-refractivity contribution in [3.05, 3.63) is 0 Å². The second kappa shape index (κ2) is 8.00. The van der Waals surface area contributed by atoms with E-state index in [0.29, 0.717) is 17.4 Å². The molecule has 4 fully saturated rings. The van der Waals surface area contributed by atoms with Gasteiger partial charge in [0.2, 0.25) is 0 Å². The summed E-state index contributed by atoms with van der Waals surface area (Å²) in [4.78, 5) is 0. The number of hydrogen-bond donors (Lipinski definition) is 1. The van der Waals surface area contributed by atoms with Gasteiger partial charge in [0, 0.05) is 6.61 Å². The van der Waals surface area contributed by atoms with Crippen LogP contribution in [0.15, 0.2) is 0 Å². The molecule has 0 radical (unpaired) electrons. The fraction of sp³-hybridized carbons (Fsp3) is 1.00. The van der Waals surface area contributed by atoms with Gasteiger partial charge >= 0.3 is 0 Å². The topological polar surface area (TPSA) is 20.2 Å². The summed E-state index contributed by atoms with van der Waals surface area (Å²) in [6.07, 6.45) is 20.2. The second-order valence-electron chi connectivity index (χ2n) is 11.7. The average Bonchev–Trinajstić information content (AvgIpc) is 3.02. The van der Waals surface area contributed by atoms with E-state index in [1.54, 1.807) is 19.3 Å². The molecule has 4 saturated carbocycles. The number of hydrogen-bond acceptors (Lipinski definition) is 1. The third-order valence-corrected chi connectivity index (χ3v) is 10.7. The standard InChI is InChI=1S/C26H46O/c1-19(9-5-4-8-18-27)22-13-14-23-21-12-11-20-10-6-7-16-25(20,2)24(21)15-17-26(22,23)3/h19-24,27H,4-18H2,1-3H3/t19-,20?,21?,22?,23?,24?,25?,26?/m1/s1. The first-order valence-electron chi connectivity index (χ1n) is 12.6. The lowest BCUT2D eigenvalue weighted by Crippen LogP contribution is -2.53. The number of unbranched alkanes of at least 4 members (excludes halogenated alkanes) is 2. The predicted octanol–water partition coefficient (Wildman–Crippen LogP) is 7.22. The molecule has 4 rings (SSSR count). The van der Waals surface area contributed by atoms with Crippen molar-refractivity contribution in [3.8, 4) is 0 Å². The van der Waals surface area contributed by atoms with Gasteiger partial charge in [-0.15, -0.1) is 0 Å². The highest BCUT2D eigenvalue weighted by Gasteiger charge is 2.59. The zero-order valence-electron chi connectivity index (χ0n) is 18.5. The Balaban J connectivity index is 1.45. The molecule has 0 aliphatic heterocycles. The normalized spacial score (nSPS) is 47.8. The number of fused-ring (bicyclic) bond motifs is 5. The lowest BCUT2D eigenvalue weighted by atomic mass is 9.44. The second-order valence-corrected chi connectivity index (χ2v) is 11.7. The molecule has 4 aliphatic carbocycles. The van der Waals surface area contributed by atoms with Crippen molar-refractivity contribution in [3.63, 3.8) is 0 Å². The summed E-state index contributed by atoms with van der Waals surface area (Å²) in [5.74, 6) is 6.04. The minimum Gasteiger partial charge on any atom is -0.396 e. The molecule has 7 unspecified atom stereocenters. The van der Waals surface area contributed by atoms with Gasteiger partial charge in [-0.25, -0.2) is 0 Å². The van der Waals surface area contributed by atoms with E-state index in [1.807, 2.05) is 0 Å². The Morgan fingerprint density at radius 1 is 0.815 bits per heavy atom. The molecule has 0 bridgehead atoms. The monoisotopic (exact) mass is 374 g/mol. The molecule has 1 nitrogen and oxygen atoms in total. The fourth-order valence-corrected chi connectivity index (χ4v) is 9.23. The van der Waals surface area contributed by atoms with Gasteiger partial charge in [-0.2, -0.15) is 0 Å². The summed E-state index contributed by atoms with van der Waals surface area (Å²) < 4.78 is 0. The summed E-state index contributed by atoms with van der Waals surface area (Å²) in [5, 5.41) is 9.05. The summed E-state index contributed by atoms with van der Waals surface area (Å²) >= 11 is 0. The minimum absolute atomic E-state index is 0.375. The Hall–Kier alpha value is -0.0400. The van der Waals surface area contributed by atoms with Crippen LogP contribution in [0.4, 0.5) is 0 Å². The quantitative estimate of drug-likeness (QED) is 0.486. The molecule has 4 aliphatic rings. The van der Waals surface area contributed by atoms with E-state index < -0.39 is 0 Å². The third-order valence-electron chi connectivity index (χ3n) is 10.7. The molecule has 0 amide bonds. The van der Waals surface area contributed by atoms with Crippen LogP contribution in [0.5, 0.6) is 0 Å². The number of aliphatic hydroxyl groups is 1. The number of rotatable bonds is 6. The van der Waals surface area contributed by atoms with Crippen LogP contribution in [-0.4, -0.2) is 11.7 Å². The molecule has 0 spiro atoms. The summed E-state index contributed by atoms with van der Waals surface area (Å²) in [6, 6.07) is 0. The van der Waals surface area contributed by atoms with E-state index in [2.05, 4.69) is 20.8 Å². The van der Waals surface area contributed by atoms with Crippen molar-refractivity contribution in [2.24, 2.45) is 46.3 Å². The van der Waals surface area contributed by atoms with Gasteiger partial charge in [-0.05, 0) is 104 Å². The Morgan fingerprint density at radius 2 is 1.63 bits per heavy atom. The maximum Gasteiger partial charge on any atom is 0.0431 e. The van der Waals surface area contributed by atoms with Crippen LogP contribution in [0.25, 0.3) is 0 Å². The van der Waals surface area contributed by atoms with Crippen molar-refractivity contribution >= 4 is 0 Å². The van der Waals surface area contributed by atoms with Crippen LogP contribution in [0.1, 0.15) is 111 Å². The first kappa shape index (κ1) is 20.2. The van der Waals surface area contributed by atoms with Crippen LogP contribution < -0.4 is 0 Å². The van der Waals surface area contributed by atoms with Gasteiger partial charge in [-0.1, -0.05) is 52.9 Å². The molecule has 0 aromatic heterocycles. The van der Waals surface area contributed by atoms with E-state index in [9.17, 15) is 0 Å². The molecule has 156 valence electrons. The van der Waals surface area contributed by atoms with E-state index in [4.69, 9.17) is 5.11 Å². The molecular weight excluding hydrogens is 328 g/mol. The Bertz CT molecular complexity index is 500. The summed E-state index contributed by atoms with van der Waals surface area (Å²) in [6.45, 7) is 8.36. The van der Waals surface area contributed by atoms with Crippen molar-refractivity contribution < 1.29 is 5.11 Å². The molecule has 0 saturated heterocycles. The SMILES string of the molecule is C[C@H](CCCCCO)C1CCC2C3CCC4CCCCC4(C)C3CCC21C. The average molecular weight is 375 g/mol. The van der Waals surface area contributed by atoms with E-state index in [-0.39, 0.29) is 0 Å². The highest BCUT2D eigenvalue weighted by Crippen LogP contribution is 2.68. The third kappa shape index (κ3) is 3.43. The lowest BCUT2D eigenvalue weighted by Gasteiger charge is -2.61. The highest BCUT2D eigenvalue weighted by molar-refractivity contribution is 5.09. The number of aliphatic hydroxyl groups excluding tert-OH is 1. The Morgan fingerprint density at radius 3 is 2.44 bits per heavy atom. The molecule has 1 N–H and O–H groups in total. The molecule has 27 heavy (non-hydrogen) atoms. The van der Waals surface area contributed by atoms with Gasteiger partial charge in [0.15, 0.2) is 0 Å². The van der Waals surface area contributed by atoms with Gasteiger partial charge in [0.05, 0.1) is 0 Å². The van der Waals surface area contributed by atoms with Gasteiger partial charge in [0.1, 0.15) is 0 Å². The van der Waals surface area contributed by atoms with Crippen molar-refractivity contribution in [1.29, 1.82) is 0 Å². The molecule has 0 aromatic carbocycles. The maximum absolute atomic E-state index is 9.05. The van der Waals surface area contributed by atoms with Gasteiger partial charge in [-0.3, -0.25) is 0 Å². The molecular formula is C26H46O. The maximum atomic E-state index is 9.05. The first-order chi connectivity index (χ1) is 13.0. The molecule has 0 heterocycles. The van der Waals surface area contributed by atoms with E-state index >= 15 is 0 Å². The van der Waals surface area contributed by atoms with E-state index in [1.165, 1.54) is 64.2 Å². The fourth-order valence-electron chi connectivity index (χ4n) is 9.23. The van der Waals surface area contributed by atoms with E-state index in [0.717, 1.165) is 41.9 Å². The highest BCUT2D eigenvalue weighted by atomic mass is 16.2. The molecule has 1 heteroatoms. The van der Waals surface area contributed by atoms with Crippen LogP contribution in [0, 0.1) is 46.3 Å². The summed E-state index contributed by atoms with van der Waals surface area (Å²) in [7, 11) is 0. The smallest absolute Gasteiger partial charge is 0.0431 e. The summed E-state index contributed by atoms with van der Waals surface area (Å²) in [5.41, 5.74) is 1.33. The van der Waals surface area contributed by atoms with Crippen LogP contribution in [-0.2, 0) is 0 Å². The predicted molar refractivity (Wildman–Crippen MR) is 115 cm³/mol. The first-order valence-corrected chi connectivity index (χ1v) is 12.6.